The summed E-state index contributed by atoms with van der Waals surface area (Å²) < 4.78 is 4.04. The van der Waals surface area contributed by atoms with Gasteiger partial charge in [0.25, 0.3) is 0 Å². The Kier molecular flexibility index (Phi) is 3.29. The molecule has 2 aromatic rings. The Morgan fingerprint density at radius 1 is 1.26 bits per heavy atom. The second kappa shape index (κ2) is 5.08. The zero-order valence-electron chi connectivity index (χ0n) is 11.2. The van der Waals surface area contributed by atoms with Crippen molar-refractivity contribution in [2.75, 3.05) is 0 Å². The Morgan fingerprint density at radius 3 is 2.74 bits per heavy atom. The van der Waals surface area contributed by atoms with E-state index in [2.05, 4.69) is 25.1 Å². The first-order valence-corrected chi connectivity index (χ1v) is 6.77. The normalized spacial score (nSPS) is 16.3. The lowest BCUT2D eigenvalue weighted by Gasteiger charge is -2.15. The quantitative estimate of drug-likeness (QED) is 0.879. The van der Waals surface area contributed by atoms with Crippen molar-refractivity contribution in [1.29, 1.82) is 0 Å². The molecule has 0 aromatic carbocycles. The molecule has 19 heavy (non-hydrogen) atoms. The van der Waals surface area contributed by atoms with E-state index >= 15 is 0 Å². The number of hydrogen-bond acceptors (Lipinski definition) is 5. The monoisotopic (exact) mass is 261 g/mol. The maximum absolute atomic E-state index is 5.54. The van der Waals surface area contributed by atoms with E-state index in [-0.39, 0.29) is 0 Å². The van der Waals surface area contributed by atoms with Crippen LogP contribution in [0.3, 0.4) is 0 Å². The summed E-state index contributed by atoms with van der Waals surface area (Å²) in [5.74, 6) is 1.94. The van der Waals surface area contributed by atoms with E-state index in [1.165, 1.54) is 25.7 Å². The van der Waals surface area contributed by atoms with Crippen LogP contribution in [-0.4, -0.2) is 29.8 Å². The Labute approximate surface area is 111 Å². The number of rotatable bonds is 4. The van der Waals surface area contributed by atoms with Crippen LogP contribution < -0.4 is 5.73 Å². The van der Waals surface area contributed by atoms with Crippen LogP contribution in [-0.2, 0) is 13.1 Å². The molecule has 0 atom stereocenters. The van der Waals surface area contributed by atoms with Crippen LogP contribution in [0.15, 0.2) is 6.20 Å². The van der Waals surface area contributed by atoms with Crippen molar-refractivity contribution in [2.24, 2.45) is 5.73 Å². The summed E-state index contributed by atoms with van der Waals surface area (Å²) in [5, 5.41) is 16.6. The van der Waals surface area contributed by atoms with Gasteiger partial charge in [0.15, 0.2) is 5.82 Å². The third-order valence-corrected chi connectivity index (χ3v) is 3.73. The molecular weight excluding hydrogens is 242 g/mol. The molecule has 1 saturated carbocycles. The van der Waals surface area contributed by atoms with E-state index in [4.69, 9.17) is 5.73 Å². The first kappa shape index (κ1) is 12.3. The molecule has 2 heterocycles. The van der Waals surface area contributed by atoms with E-state index in [1.54, 1.807) is 4.68 Å². The molecule has 7 nitrogen and oxygen atoms in total. The molecule has 7 heteroatoms. The zero-order valence-corrected chi connectivity index (χ0v) is 11.2. The fourth-order valence-corrected chi connectivity index (χ4v) is 2.81. The molecule has 0 aliphatic heterocycles. The predicted molar refractivity (Wildman–Crippen MR) is 69.3 cm³/mol. The van der Waals surface area contributed by atoms with E-state index in [9.17, 15) is 0 Å². The molecule has 0 radical (unpaired) electrons. The van der Waals surface area contributed by atoms with Gasteiger partial charge in [-0.3, -0.25) is 0 Å². The second-order valence-electron chi connectivity index (χ2n) is 5.08. The van der Waals surface area contributed by atoms with E-state index in [0.29, 0.717) is 19.1 Å². The molecular formula is C12H19N7. The van der Waals surface area contributed by atoms with Crippen LogP contribution in [0.4, 0.5) is 0 Å². The maximum Gasteiger partial charge on any atom is 0.155 e. The van der Waals surface area contributed by atoms with Gasteiger partial charge in [-0.15, -0.1) is 15.3 Å². The van der Waals surface area contributed by atoms with Gasteiger partial charge in [0.05, 0.1) is 11.9 Å². The molecule has 0 amide bonds. The van der Waals surface area contributed by atoms with Gasteiger partial charge in [0, 0.05) is 12.6 Å². The molecule has 0 saturated heterocycles. The standard InChI is InChI=1S/C12H19N7/c1-9-14-16-12(19(9)11-4-2-3-5-11)8-18-7-10(6-13)15-17-18/h7,11H,2-6,8,13H2,1H3. The van der Waals surface area contributed by atoms with Crippen molar-refractivity contribution < 1.29 is 0 Å². The third-order valence-electron chi connectivity index (χ3n) is 3.73. The third kappa shape index (κ3) is 2.37. The Bertz CT molecular complexity index is 550. The van der Waals surface area contributed by atoms with Gasteiger partial charge >= 0.3 is 0 Å². The first-order chi connectivity index (χ1) is 9.28. The molecule has 102 valence electrons. The van der Waals surface area contributed by atoms with Gasteiger partial charge in [-0.25, -0.2) is 4.68 Å². The number of nitrogens with two attached hydrogens (primary N) is 1. The minimum Gasteiger partial charge on any atom is -0.325 e. The number of hydrogen-bond donors (Lipinski definition) is 1. The SMILES string of the molecule is Cc1nnc(Cn2cc(CN)nn2)n1C1CCCC1. The lowest BCUT2D eigenvalue weighted by molar-refractivity contribution is 0.471. The Morgan fingerprint density at radius 2 is 2.05 bits per heavy atom. The van der Waals surface area contributed by atoms with E-state index in [0.717, 1.165) is 17.3 Å². The van der Waals surface area contributed by atoms with Gasteiger partial charge in [0.2, 0.25) is 0 Å². The van der Waals surface area contributed by atoms with Crippen molar-refractivity contribution in [2.45, 2.75) is 51.7 Å². The van der Waals surface area contributed by atoms with Crippen LogP contribution in [0, 0.1) is 6.92 Å². The van der Waals surface area contributed by atoms with Crippen LogP contribution in [0.25, 0.3) is 0 Å². The lowest BCUT2D eigenvalue weighted by Crippen LogP contribution is -2.14. The van der Waals surface area contributed by atoms with E-state index < -0.39 is 0 Å². The van der Waals surface area contributed by atoms with E-state index in [1.807, 2.05) is 13.1 Å². The van der Waals surface area contributed by atoms with Crippen LogP contribution >= 0.6 is 0 Å². The highest BCUT2D eigenvalue weighted by molar-refractivity contribution is 5.00. The Hall–Kier alpha value is -1.76. The van der Waals surface area contributed by atoms with Gasteiger partial charge in [-0.1, -0.05) is 18.1 Å². The smallest absolute Gasteiger partial charge is 0.155 e. The van der Waals surface area contributed by atoms with Crippen LogP contribution in [0.1, 0.15) is 49.1 Å². The maximum atomic E-state index is 5.54. The van der Waals surface area contributed by atoms with Gasteiger partial charge < -0.3 is 10.3 Å². The van der Waals surface area contributed by atoms with Crippen molar-refractivity contribution in [3.63, 3.8) is 0 Å². The molecule has 2 aromatic heterocycles. The zero-order chi connectivity index (χ0) is 13.2. The van der Waals surface area contributed by atoms with Crippen molar-refractivity contribution in [3.8, 4) is 0 Å². The molecule has 0 unspecified atom stereocenters. The minimum atomic E-state index is 0.411. The summed E-state index contributed by atoms with van der Waals surface area (Å²) in [7, 11) is 0. The average Bonchev–Trinajstić information content (AvgIpc) is 3.11. The fourth-order valence-electron chi connectivity index (χ4n) is 2.81. The lowest BCUT2D eigenvalue weighted by atomic mass is 10.2. The van der Waals surface area contributed by atoms with Crippen LogP contribution in [0.2, 0.25) is 0 Å². The molecule has 1 fully saturated rings. The summed E-state index contributed by atoms with van der Waals surface area (Å²) in [6, 6.07) is 0.544. The highest BCUT2D eigenvalue weighted by Crippen LogP contribution is 2.31. The molecule has 1 aliphatic rings. The molecule has 3 rings (SSSR count). The Balaban J connectivity index is 1.84. The highest BCUT2D eigenvalue weighted by atomic mass is 15.4. The van der Waals surface area contributed by atoms with Gasteiger partial charge in [-0.2, -0.15) is 0 Å². The number of nitrogens with zero attached hydrogens (tertiary/aromatic N) is 6. The number of aryl methyl sites for hydroxylation is 1. The largest absolute Gasteiger partial charge is 0.325 e. The molecule has 2 N–H and O–H groups in total. The molecule has 0 spiro atoms. The van der Waals surface area contributed by atoms with Crippen molar-refractivity contribution in [3.05, 3.63) is 23.5 Å². The topological polar surface area (TPSA) is 87.4 Å². The van der Waals surface area contributed by atoms with Crippen LogP contribution in [0.5, 0.6) is 0 Å². The summed E-state index contributed by atoms with van der Waals surface area (Å²) in [6.45, 7) is 3.03. The first-order valence-electron chi connectivity index (χ1n) is 6.77. The molecule has 1 aliphatic carbocycles. The summed E-state index contributed by atoms with van der Waals surface area (Å²) in [4.78, 5) is 0. The van der Waals surface area contributed by atoms with Gasteiger partial charge in [0.1, 0.15) is 12.4 Å². The number of aromatic nitrogens is 6. The van der Waals surface area contributed by atoms with Crippen molar-refractivity contribution in [1.82, 2.24) is 29.8 Å². The summed E-state index contributed by atoms with van der Waals surface area (Å²) in [5.41, 5.74) is 6.34. The fraction of sp³-hybridized carbons (Fsp3) is 0.667. The second-order valence-corrected chi connectivity index (χ2v) is 5.08. The predicted octanol–water partition coefficient (Wildman–Crippen LogP) is 0.800. The van der Waals surface area contributed by atoms with Crippen molar-refractivity contribution >= 4 is 0 Å². The summed E-state index contributed by atoms with van der Waals surface area (Å²) in [6.07, 6.45) is 6.89. The average molecular weight is 261 g/mol. The van der Waals surface area contributed by atoms with Gasteiger partial charge in [-0.05, 0) is 19.8 Å². The molecule has 0 bridgehead atoms. The highest BCUT2D eigenvalue weighted by Gasteiger charge is 2.22. The minimum absolute atomic E-state index is 0.411. The summed E-state index contributed by atoms with van der Waals surface area (Å²) >= 11 is 0.